The second-order valence-corrected chi connectivity index (χ2v) is 10.2. The van der Waals surface area contributed by atoms with Crippen LogP contribution in [0.1, 0.15) is 46.5 Å². The van der Waals surface area contributed by atoms with Crippen LogP contribution >= 0.6 is 7.82 Å². The van der Waals surface area contributed by atoms with Crippen LogP contribution in [-0.4, -0.2) is 92.1 Å². The van der Waals surface area contributed by atoms with Gasteiger partial charge in [-0.3, -0.25) is 13.8 Å². The van der Waals surface area contributed by atoms with Crippen LogP contribution in [0, 0.1) is 0 Å². The van der Waals surface area contributed by atoms with Gasteiger partial charge in [0, 0.05) is 13.3 Å². The van der Waals surface area contributed by atoms with E-state index >= 15 is 0 Å². The molecule has 1 rings (SSSR count). The molecule has 30 heavy (non-hydrogen) atoms. The van der Waals surface area contributed by atoms with Crippen LogP contribution in [0.2, 0.25) is 0 Å². The Morgan fingerprint density at radius 1 is 1.27 bits per heavy atom. The number of rotatable bonds is 13. The maximum absolute atomic E-state index is 12.0. The fourth-order valence-electron chi connectivity index (χ4n) is 3.08. The number of aliphatic hydroxyl groups excluding tert-OH is 1. The van der Waals surface area contributed by atoms with Gasteiger partial charge in [0.1, 0.15) is 25.9 Å². The van der Waals surface area contributed by atoms with E-state index in [4.69, 9.17) is 23.3 Å². The number of carbonyl (C=O) groups excluding carboxylic acids is 1. The smallest absolute Gasteiger partial charge is 0.462 e. The van der Waals surface area contributed by atoms with Crippen molar-refractivity contribution in [3.8, 4) is 0 Å². The highest BCUT2D eigenvalue weighted by molar-refractivity contribution is 7.47. The second-order valence-electron chi connectivity index (χ2n) is 8.75. The van der Waals surface area contributed by atoms with Gasteiger partial charge >= 0.3 is 13.8 Å². The second kappa shape index (κ2) is 12.5. The fourth-order valence-corrected chi connectivity index (χ4v) is 3.77. The summed E-state index contributed by atoms with van der Waals surface area (Å²) in [6.45, 7) is 5.45. The molecule has 6 unspecified atom stereocenters. The first kappa shape index (κ1) is 27.5. The molecule has 1 aliphatic rings. The number of hydrogen-bond donors (Lipinski definition) is 2. The SMILES string of the molecule is CCC(CC(O)CC1CC(C)OC(COP(=O)(O)OCC[N+](C)(C)C)O1)OC(C)=O. The number of nitrogens with zero attached hydrogens (tertiary/aromatic N) is 1. The van der Waals surface area contributed by atoms with Crippen LogP contribution in [0.4, 0.5) is 0 Å². The average molecular weight is 456 g/mol. The van der Waals surface area contributed by atoms with E-state index in [0.29, 0.717) is 36.7 Å². The highest BCUT2D eigenvalue weighted by Gasteiger charge is 2.32. The largest absolute Gasteiger partial charge is 0.472 e. The molecule has 1 fully saturated rings. The minimum Gasteiger partial charge on any atom is -0.462 e. The molecule has 178 valence electrons. The minimum atomic E-state index is -4.22. The van der Waals surface area contributed by atoms with Crippen LogP contribution < -0.4 is 0 Å². The van der Waals surface area contributed by atoms with Crippen LogP contribution in [0.3, 0.4) is 0 Å². The molecule has 1 heterocycles. The number of hydrogen-bond acceptors (Lipinski definition) is 8. The molecule has 11 heteroatoms. The lowest BCUT2D eigenvalue weighted by atomic mass is 10.00. The van der Waals surface area contributed by atoms with Gasteiger partial charge in [-0.25, -0.2) is 4.57 Å². The zero-order valence-electron chi connectivity index (χ0n) is 19.0. The highest BCUT2D eigenvalue weighted by Crippen LogP contribution is 2.43. The van der Waals surface area contributed by atoms with E-state index in [0.717, 1.165) is 0 Å². The molecule has 0 aliphatic carbocycles. The topological polar surface area (TPSA) is 121 Å². The number of aliphatic hydroxyl groups is 1. The summed E-state index contributed by atoms with van der Waals surface area (Å²) in [6.07, 6.45) is -0.568. The molecule has 0 aromatic heterocycles. The molecule has 0 bridgehead atoms. The number of quaternary nitrogens is 1. The Kier molecular flexibility index (Phi) is 11.4. The summed E-state index contributed by atoms with van der Waals surface area (Å²) < 4.78 is 39.2. The molecular weight excluding hydrogens is 417 g/mol. The molecule has 0 aromatic rings. The summed E-state index contributed by atoms with van der Waals surface area (Å²) in [5.41, 5.74) is 0. The van der Waals surface area contributed by atoms with Gasteiger partial charge in [0.05, 0.1) is 39.5 Å². The quantitative estimate of drug-likeness (QED) is 0.243. The van der Waals surface area contributed by atoms with E-state index < -0.39 is 20.2 Å². The van der Waals surface area contributed by atoms with Gasteiger partial charge in [-0.2, -0.15) is 0 Å². The molecule has 10 nitrogen and oxygen atoms in total. The first-order valence-corrected chi connectivity index (χ1v) is 11.9. The lowest BCUT2D eigenvalue weighted by Crippen LogP contribution is -2.41. The van der Waals surface area contributed by atoms with E-state index in [1.165, 1.54) is 6.92 Å². The van der Waals surface area contributed by atoms with Crippen molar-refractivity contribution in [1.82, 2.24) is 0 Å². The minimum absolute atomic E-state index is 0.0792. The predicted molar refractivity (Wildman–Crippen MR) is 110 cm³/mol. The molecule has 6 atom stereocenters. The van der Waals surface area contributed by atoms with Gasteiger partial charge in [0.15, 0.2) is 6.29 Å². The molecule has 0 amide bonds. The lowest BCUT2D eigenvalue weighted by Gasteiger charge is -2.35. The van der Waals surface area contributed by atoms with Gasteiger partial charge in [-0.1, -0.05) is 6.92 Å². The average Bonchev–Trinajstić information content (AvgIpc) is 2.57. The van der Waals surface area contributed by atoms with E-state index in [1.807, 2.05) is 35.0 Å². The van der Waals surface area contributed by atoms with Crippen LogP contribution in [0.5, 0.6) is 0 Å². The van der Waals surface area contributed by atoms with E-state index in [1.54, 1.807) is 0 Å². The number of phosphoric ester groups is 1. The zero-order chi connectivity index (χ0) is 22.9. The first-order valence-electron chi connectivity index (χ1n) is 10.4. The number of phosphoric acid groups is 1. The number of esters is 1. The van der Waals surface area contributed by atoms with Crippen molar-refractivity contribution >= 4 is 13.8 Å². The molecule has 1 aliphatic heterocycles. The highest BCUT2D eigenvalue weighted by atomic mass is 31.2. The summed E-state index contributed by atoms with van der Waals surface area (Å²) in [5.74, 6) is -0.376. The van der Waals surface area contributed by atoms with Gasteiger partial charge in [0.2, 0.25) is 0 Å². The number of carbonyl (C=O) groups is 1. The van der Waals surface area contributed by atoms with Gasteiger partial charge in [0.25, 0.3) is 0 Å². The number of likely N-dealkylation sites (N-methyl/N-ethyl adjacent to an activating group) is 1. The molecular formula is C19H39NO9P+. The van der Waals surface area contributed by atoms with Crippen LogP contribution in [0.15, 0.2) is 0 Å². The third-order valence-corrected chi connectivity index (χ3v) is 5.56. The van der Waals surface area contributed by atoms with Gasteiger partial charge in [-0.05, 0) is 26.2 Å². The number of ether oxygens (including phenoxy) is 3. The Morgan fingerprint density at radius 2 is 1.93 bits per heavy atom. The predicted octanol–water partition coefficient (Wildman–Crippen LogP) is 1.83. The molecule has 0 radical (unpaired) electrons. The van der Waals surface area contributed by atoms with Crippen molar-refractivity contribution in [3.63, 3.8) is 0 Å². The van der Waals surface area contributed by atoms with Crippen LogP contribution in [-0.2, 0) is 32.6 Å². The van der Waals surface area contributed by atoms with Gasteiger partial charge in [-0.15, -0.1) is 0 Å². The van der Waals surface area contributed by atoms with Crippen molar-refractivity contribution in [2.45, 2.75) is 77.2 Å². The van der Waals surface area contributed by atoms with Crippen molar-refractivity contribution < 1.29 is 47.1 Å². The third-order valence-electron chi connectivity index (χ3n) is 4.57. The summed E-state index contributed by atoms with van der Waals surface area (Å²) in [4.78, 5) is 21.0. The third kappa shape index (κ3) is 12.3. The van der Waals surface area contributed by atoms with E-state index in [9.17, 15) is 19.4 Å². The standard InChI is InChI=1S/C19H38NO9P/c1-7-17(28-15(3)21)11-16(22)12-18-10-14(2)27-19(29-18)13-26-30(23,24)25-9-8-20(4,5)6/h14,16-19,22H,7-13H2,1-6H3/p+1. The Balaban J connectivity index is 2.47. The Morgan fingerprint density at radius 3 is 2.50 bits per heavy atom. The normalized spacial score (nSPS) is 26.6. The van der Waals surface area contributed by atoms with Crippen molar-refractivity contribution in [2.75, 3.05) is 40.9 Å². The molecule has 0 spiro atoms. The van der Waals surface area contributed by atoms with Gasteiger partial charge < -0.3 is 28.7 Å². The zero-order valence-corrected chi connectivity index (χ0v) is 19.9. The van der Waals surface area contributed by atoms with E-state index in [2.05, 4.69) is 0 Å². The maximum Gasteiger partial charge on any atom is 0.472 e. The lowest BCUT2D eigenvalue weighted by molar-refractivity contribution is -0.870. The maximum atomic E-state index is 12.0. The fraction of sp³-hybridized carbons (Fsp3) is 0.947. The van der Waals surface area contributed by atoms with Crippen LogP contribution in [0.25, 0.3) is 0 Å². The van der Waals surface area contributed by atoms with Crippen molar-refractivity contribution in [3.05, 3.63) is 0 Å². The summed E-state index contributed by atoms with van der Waals surface area (Å²) >= 11 is 0. The van der Waals surface area contributed by atoms with Crippen molar-refractivity contribution in [1.29, 1.82) is 0 Å². The molecule has 0 saturated carbocycles. The summed E-state index contributed by atoms with van der Waals surface area (Å²) in [5, 5.41) is 10.4. The van der Waals surface area contributed by atoms with E-state index in [-0.39, 0.29) is 37.5 Å². The van der Waals surface area contributed by atoms with Crippen molar-refractivity contribution in [2.24, 2.45) is 0 Å². The Bertz CT molecular complexity index is 569. The summed E-state index contributed by atoms with van der Waals surface area (Å²) in [6, 6.07) is 0. The molecule has 1 saturated heterocycles. The monoisotopic (exact) mass is 456 g/mol. The molecule has 2 N–H and O–H groups in total. The Labute approximate surface area is 179 Å². The Hall–Kier alpha value is -0.580. The summed E-state index contributed by atoms with van der Waals surface area (Å²) in [7, 11) is 1.62. The first-order chi connectivity index (χ1) is 13.8. The molecule has 0 aromatic carbocycles.